The highest BCUT2D eigenvalue weighted by Crippen LogP contribution is 2.37. The van der Waals surface area contributed by atoms with Crippen LogP contribution in [0, 0.1) is 5.92 Å². The standard InChI is InChI=1S/C22H25N3O3S/c26-29(27,18-7-8-18)17-5-3-15(4-6-17)19(16-9-12-28-13-10-16)14-21-24-20-2-1-11-23-22(20)25-21/h1-6,11,16,18-19H,7-10,12-14H2,(H,23,24,25). The van der Waals surface area contributed by atoms with E-state index in [0.29, 0.717) is 10.8 Å². The summed E-state index contributed by atoms with van der Waals surface area (Å²) in [6, 6.07) is 11.4. The van der Waals surface area contributed by atoms with Crippen molar-refractivity contribution in [2.24, 2.45) is 5.92 Å². The molecule has 0 bridgehead atoms. The van der Waals surface area contributed by atoms with Crippen LogP contribution in [0.1, 0.15) is 43.0 Å². The molecule has 1 aliphatic heterocycles. The Bertz CT molecular complexity index is 1060. The minimum absolute atomic E-state index is 0.178. The number of hydrogen-bond donors (Lipinski definition) is 1. The first-order valence-corrected chi connectivity index (χ1v) is 11.9. The highest BCUT2D eigenvalue weighted by atomic mass is 32.2. The molecule has 6 nitrogen and oxygen atoms in total. The van der Waals surface area contributed by atoms with Gasteiger partial charge in [-0.15, -0.1) is 0 Å². The second-order valence-electron chi connectivity index (χ2n) is 8.13. The molecule has 0 radical (unpaired) electrons. The molecule has 3 heterocycles. The van der Waals surface area contributed by atoms with Gasteiger partial charge in [0, 0.05) is 25.8 Å². The number of benzene rings is 1. The fourth-order valence-electron chi connectivity index (χ4n) is 4.35. The molecule has 1 atom stereocenters. The summed E-state index contributed by atoms with van der Waals surface area (Å²) >= 11 is 0. The van der Waals surface area contributed by atoms with Crippen LogP contribution in [-0.2, 0) is 21.0 Å². The maximum atomic E-state index is 12.5. The number of nitrogens with one attached hydrogen (secondary N) is 1. The van der Waals surface area contributed by atoms with Crippen LogP contribution in [0.3, 0.4) is 0 Å². The van der Waals surface area contributed by atoms with Gasteiger partial charge >= 0.3 is 0 Å². The lowest BCUT2D eigenvalue weighted by Crippen LogP contribution is -2.24. The Morgan fingerprint density at radius 2 is 1.83 bits per heavy atom. The van der Waals surface area contributed by atoms with Gasteiger partial charge in [-0.3, -0.25) is 0 Å². The number of nitrogens with zero attached hydrogens (tertiary/aromatic N) is 2. The summed E-state index contributed by atoms with van der Waals surface area (Å²) in [6.45, 7) is 1.55. The van der Waals surface area contributed by atoms with Gasteiger partial charge in [-0.1, -0.05) is 12.1 Å². The summed E-state index contributed by atoms with van der Waals surface area (Å²) in [4.78, 5) is 12.9. The third-order valence-corrected chi connectivity index (χ3v) is 8.43. The van der Waals surface area contributed by atoms with Crippen molar-refractivity contribution in [3.05, 3.63) is 54.0 Å². The summed E-state index contributed by atoms with van der Waals surface area (Å²) in [6.07, 6.45) is 6.12. The van der Waals surface area contributed by atoms with Crippen LogP contribution in [0.25, 0.3) is 11.2 Å². The molecule has 152 valence electrons. The zero-order valence-corrected chi connectivity index (χ0v) is 17.1. The maximum Gasteiger partial charge on any atom is 0.181 e. The van der Waals surface area contributed by atoms with E-state index in [4.69, 9.17) is 9.72 Å². The van der Waals surface area contributed by atoms with Crippen LogP contribution in [0.15, 0.2) is 47.5 Å². The van der Waals surface area contributed by atoms with E-state index in [-0.39, 0.29) is 11.2 Å². The predicted octanol–water partition coefficient (Wildman–Crippen LogP) is 3.65. The Hall–Kier alpha value is -2.25. The van der Waals surface area contributed by atoms with E-state index in [0.717, 1.165) is 62.3 Å². The Kier molecular flexibility index (Phi) is 4.87. The van der Waals surface area contributed by atoms with E-state index < -0.39 is 9.84 Å². The van der Waals surface area contributed by atoms with Gasteiger partial charge in [0.25, 0.3) is 0 Å². The highest BCUT2D eigenvalue weighted by Gasteiger charge is 2.37. The first kappa shape index (κ1) is 18.8. The number of hydrogen-bond acceptors (Lipinski definition) is 5. The van der Waals surface area contributed by atoms with Crippen molar-refractivity contribution < 1.29 is 13.2 Å². The Morgan fingerprint density at radius 3 is 2.52 bits per heavy atom. The average Bonchev–Trinajstić information content (AvgIpc) is 3.54. The van der Waals surface area contributed by atoms with Crippen molar-refractivity contribution in [2.75, 3.05) is 13.2 Å². The number of aromatic nitrogens is 3. The van der Waals surface area contributed by atoms with Crippen LogP contribution in [0.5, 0.6) is 0 Å². The minimum atomic E-state index is -3.16. The molecular weight excluding hydrogens is 386 g/mol. The van der Waals surface area contributed by atoms with Crippen LogP contribution in [0.4, 0.5) is 0 Å². The first-order chi connectivity index (χ1) is 14.1. The Labute approximate surface area is 170 Å². The van der Waals surface area contributed by atoms with Gasteiger partial charge in [-0.05, 0) is 67.3 Å². The van der Waals surface area contributed by atoms with Gasteiger partial charge in [-0.25, -0.2) is 18.4 Å². The highest BCUT2D eigenvalue weighted by molar-refractivity contribution is 7.92. The Morgan fingerprint density at radius 1 is 1.07 bits per heavy atom. The van der Waals surface area contributed by atoms with Crippen LogP contribution in [0.2, 0.25) is 0 Å². The van der Waals surface area contributed by atoms with Crippen molar-refractivity contribution in [2.45, 2.75) is 48.2 Å². The lowest BCUT2D eigenvalue weighted by atomic mass is 9.79. The lowest BCUT2D eigenvalue weighted by Gasteiger charge is -2.30. The van der Waals surface area contributed by atoms with E-state index in [1.54, 1.807) is 18.3 Å². The van der Waals surface area contributed by atoms with Gasteiger partial charge < -0.3 is 9.72 Å². The smallest absolute Gasteiger partial charge is 0.181 e. The molecule has 0 amide bonds. The lowest BCUT2D eigenvalue weighted by molar-refractivity contribution is 0.0575. The van der Waals surface area contributed by atoms with E-state index in [2.05, 4.69) is 9.97 Å². The number of rotatable bonds is 6. The first-order valence-electron chi connectivity index (χ1n) is 10.3. The number of ether oxygens (including phenoxy) is 1. The third kappa shape index (κ3) is 3.81. The molecule has 0 spiro atoms. The normalized spacial score (nSPS) is 19.4. The third-order valence-electron chi connectivity index (χ3n) is 6.15. The fraction of sp³-hybridized carbons (Fsp3) is 0.455. The second-order valence-corrected chi connectivity index (χ2v) is 10.4. The van der Waals surface area contributed by atoms with E-state index in [1.165, 1.54) is 5.56 Å². The number of fused-ring (bicyclic) bond motifs is 1. The molecule has 1 N–H and O–H groups in total. The molecule has 2 aliphatic rings. The molecular formula is C22H25N3O3S. The molecule has 1 saturated heterocycles. The van der Waals surface area contributed by atoms with Crippen molar-refractivity contribution in [1.29, 1.82) is 0 Å². The molecule has 1 aromatic carbocycles. The SMILES string of the molecule is O=S(=O)(c1ccc(C(Cc2nc3cccnc3[nH]2)C2CCOCC2)cc1)C1CC1. The van der Waals surface area contributed by atoms with Crippen molar-refractivity contribution in [3.63, 3.8) is 0 Å². The molecule has 2 aromatic heterocycles. The zero-order valence-electron chi connectivity index (χ0n) is 16.3. The number of aromatic amines is 1. The fourth-order valence-corrected chi connectivity index (χ4v) is 6.01. The molecule has 1 saturated carbocycles. The molecule has 5 rings (SSSR count). The van der Waals surface area contributed by atoms with Gasteiger partial charge in [0.15, 0.2) is 15.5 Å². The molecule has 1 aliphatic carbocycles. The van der Waals surface area contributed by atoms with Crippen molar-refractivity contribution >= 4 is 21.0 Å². The van der Waals surface area contributed by atoms with Crippen LogP contribution < -0.4 is 0 Å². The van der Waals surface area contributed by atoms with Crippen molar-refractivity contribution in [1.82, 2.24) is 15.0 Å². The van der Waals surface area contributed by atoms with Gasteiger partial charge in [-0.2, -0.15) is 0 Å². The van der Waals surface area contributed by atoms with E-state index >= 15 is 0 Å². The van der Waals surface area contributed by atoms with Crippen LogP contribution >= 0.6 is 0 Å². The monoisotopic (exact) mass is 411 g/mol. The van der Waals surface area contributed by atoms with Crippen LogP contribution in [-0.4, -0.2) is 41.8 Å². The summed E-state index contributed by atoms with van der Waals surface area (Å²) in [5.41, 5.74) is 2.85. The number of H-pyrrole nitrogens is 1. The summed E-state index contributed by atoms with van der Waals surface area (Å²) in [5, 5.41) is -0.178. The molecule has 7 heteroatoms. The Balaban J connectivity index is 1.45. The minimum Gasteiger partial charge on any atom is -0.381 e. The van der Waals surface area contributed by atoms with Gasteiger partial charge in [0.1, 0.15) is 11.3 Å². The number of pyridine rings is 1. The summed E-state index contributed by atoms with van der Waals surface area (Å²) in [7, 11) is -3.16. The summed E-state index contributed by atoms with van der Waals surface area (Å²) in [5.74, 6) is 1.66. The van der Waals surface area contributed by atoms with E-state index in [9.17, 15) is 8.42 Å². The van der Waals surface area contributed by atoms with E-state index in [1.807, 2.05) is 24.3 Å². The molecule has 29 heavy (non-hydrogen) atoms. The van der Waals surface area contributed by atoms with Crippen molar-refractivity contribution in [3.8, 4) is 0 Å². The number of sulfone groups is 1. The zero-order chi connectivity index (χ0) is 19.8. The average molecular weight is 412 g/mol. The quantitative estimate of drug-likeness (QED) is 0.669. The topological polar surface area (TPSA) is 84.9 Å². The largest absolute Gasteiger partial charge is 0.381 e. The molecule has 1 unspecified atom stereocenters. The number of imidazole rings is 1. The second kappa shape index (κ2) is 7.54. The summed E-state index contributed by atoms with van der Waals surface area (Å²) < 4.78 is 30.6. The van der Waals surface area contributed by atoms with Gasteiger partial charge in [0.2, 0.25) is 0 Å². The molecule has 3 aromatic rings. The predicted molar refractivity (Wildman–Crippen MR) is 111 cm³/mol. The maximum absolute atomic E-state index is 12.5. The van der Waals surface area contributed by atoms with Gasteiger partial charge in [0.05, 0.1) is 10.1 Å². The molecule has 2 fully saturated rings.